The number of pyridine rings is 1. The normalized spacial score (nSPS) is 17.8. The number of morpholine rings is 1. The number of nitriles is 1. The summed E-state index contributed by atoms with van der Waals surface area (Å²) in [6, 6.07) is 12.4. The number of hydrogen-bond donors (Lipinski definition) is 0. The van der Waals surface area contributed by atoms with Crippen molar-refractivity contribution < 1.29 is 4.74 Å². The van der Waals surface area contributed by atoms with Crippen molar-refractivity contribution in [1.82, 2.24) is 4.98 Å². The number of hydrogen-bond acceptors (Lipinski definition) is 4. The van der Waals surface area contributed by atoms with Crippen molar-refractivity contribution in [3.63, 3.8) is 0 Å². The Hall–Kier alpha value is -2.38. The summed E-state index contributed by atoms with van der Waals surface area (Å²) < 4.78 is 5.99. The Bertz CT molecular complexity index is 764. The van der Waals surface area contributed by atoms with Crippen molar-refractivity contribution in [3.05, 3.63) is 58.3 Å². The van der Waals surface area contributed by atoms with Crippen molar-refractivity contribution in [2.75, 3.05) is 24.6 Å². The van der Waals surface area contributed by atoms with Gasteiger partial charge in [-0.1, -0.05) is 23.8 Å². The molecule has 0 spiro atoms. The number of benzene rings is 1. The molecule has 23 heavy (non-hydrogen) atoms. The molecule has 3 rings (SSSR count). The van der Waals surface area contributed by atoms with Crippen LogP contribution in [0.5, 0.6) is 0 Å². The molecule has 0 bridgehead atoms. The first-order valence-electron chi connectivity index (χ1n) is 7.90. The van der Waals surface area contributed by atoms with Crippen LogP contribution in [-0.2, 0) is 4.74 Å². The van der Waals surface area contributed by atoms with E-state index in [1.807, 2.05) is 19.1 Å². The summed E-state index contributed by atoms with van der Waals surface area (Å²) in [6.07, 6.45) is 0.0122. The third kappa shape index (κ3) is 3.20. The number of anilines is 1. The second-order valence-corrected chi connectivity index (χ2v) is 6.10. The predicted molar refractivity (Wildman–Crippen MR) is 90.5 cm³/mol. The minimum Gasteiger partial charge on any atom is -0.370 e. The number of rotatable bonds is 2. The first kappa shape index (κ1) is 15.5. The highest BCUT2D eigenvalue weighted by molar-refractivity contribution is 5.55. The summed E-state index contributed by atoms with van der Waals surface area (Å²) in [4.78, 5) is 6.75. The van der Waals surface area contributed by atoms with Crippen LogP contribution in [0.15, 0.2) is 30.3 Å². The fourth-order valence-corrected chi connectivity index (χ4v) is 3.09. The van der Waals surface area contributed by atoms with Crippen LogP contribution in [0.3, 0.4) is 0 Å². The molecule has 1 aromatic heterocycles. The summed E-state index contributed by atoms with van der Waals surface area (Å²) in [6.45, 7) is 8.28. The standard InChI is InChI=1S/C19H21N3O/c1-13-4-7-17(14(2)10-13)18-12-22(8-9-23-18)19-16(11-20)6-5-15(3)21-19/h4-7,10,18H,8-9,12H2,1-3H3/t18-/m1/s1. The lowest BCUT2D eigenvalue weighted by Gasteiger charge is -2.35. The average molecular weight is 307 g/mol. The summed E-state index contributed by atoms with van der Waals surface area (Å²) >= 11 is 0. The van der Waals surface area contributed by atoms with Crippen LogP contribution in [0.1, 0.15) is 34.1 Å². The monoisotopic (exact) mass is 307 g/mol. The smallest absolute Gasteiger partial charge is 0.146 e. The van der Waals surface area contributed by atoms with Gasteiger partial charge in [0.25, 0.3) is 0 Å². The molecule has 4 heteroatoms. The highest BCUT2D eigenvalue weighted by Crippen LogP contribution is 2.29. The van der Waals surface area contributed by atoms with E-state index in [4.69, 9.17) is 4.74 Å². The van der Waals surface area contributed by atoms with Gasteiger partial charge in [0.2, 0.25) is 0 Å². The molecule has 1 saturated heterocycles. The molecule has 4 nitrogen and oxygen atoms in total. The lowest BCUT2D eigenvalue weighted by atomic mass is 10.00. The molecule has 1 aromatic carbocycles. The Morgan fingerprint density at radius 3 is 2.78 bits per heavy atom. The van der Waals surface area contributed by atoms with Gasteiger partial charge in [0.1, 0.15) is 18.0 Å². The van der Waals surface area contributed by atoms with Crippen LogP contribution < -0.4 is 4.90 Å². The molecule has 1 fully saturated rings. The van der Waals surface area contributed by atoms with Gasteiger partial charge < -0.3 is 9.64 Å². The highest BCUT2D eigenvalue weighted by atomic mass is 16.5. The first-order valence-corrected chi connectivity index (χ1v) is 7.90. The third-order valence-corrected chi connectivity index (χ3v) is 4.27. The van der Waals surface area contributed by atoms with Crippen LogP contribution >= 0.6 is 0 Å². The fourth-order valence-electron chi connectivity index (χ4n) is 3.09. The van der Waals surface area contributed by atoms with Crippen LogP contribution in [0.2, 0.25) is 0 Å². The number of aryl methyl sites for hydroxylation is 3. The molecule has 1 aliphatic heterocycles. The van der Waals surface area contributed by atoms with Crippen LogP contribution in [-0.4, -0.2) is 24.7 Å². The summed E-state index contributed by atoms with van der Waals surface area (Å²) in [5.41, 5.74) is 5.26. The van der Waals surface area contributed by atoms with E-state index in [-0.39, 0.29) is 6.10 Å². The Balaban J connectivity index is 1.89. The van der Waals surface area contributed by atoms with Gasteiger partial charge in [0.15, 0.2) is 0 Å². The zero-order valence-corrected chi connectivity index (χ0v) is 13.8. The van der Waals surface area contributed by atoms with Gasteiger partial charge >= 0.3 is 0 Å². The molecule has 0 saturated carbocycles. The Kier molecular flexibility index (Phi) is 4.31. The number of aromatic nitrogens is 1. The van der Waals surface area contributed by atoms with Gasteiger partial charge in [-0.3, -0.25) is 0 Å². The quantitative estimate of drug-likeness (QED) is 0.852. The molecule has 1 atom stereocenters. The number of nitrogens with zero attached hydrogens (tertiary/aromatic N) is 3. The largest absolute Gasteiger partial charge is 0.370 e. The summed E-state index contributed by atoms with van der Waals surface area (Å²) in [7, 11) is 0. The molecular formula is C19H21N3O. The zero-order chi connectivity index (χ0) is 16.4. The molecule has 0 unspecified atom stereocenters. The van der Waals surface area contributed by atoms with Gasteiger partial charge in [0.05, 0.1) is 12.2 Å². The van der Waals surface area contributed by atoms with E-state index >= 15 is 0 Å². The summed E-state index contributed by atoms with van der Waals surface area (Å²) in [5, 5.41) is 9.35. The van der Waals surface area contributed by atoms with E-state index in [1.165, 1.54) is 16.7 Å². The third-order valence-electron chi connectivity index (χ3n) is 4.27. The van der Waals surface area contributed by atoms with E-state index in [2.05, 4.69) is 48.0 Å². The van der Waals surface area contributed by atoms with E-state index in [9.17, 15) is 5.26 Å². The number of ether oxygens (including phenoxy) is 1. The molecule has 0 aliphatic carbocycles. The van der Waals surface area contributed by atoms with Crippen LogP contribution in [0.25, 0.3) is 0 Å². The second kappa shape index (κ2) is 6.39. The fraction of sp³-hybridized carbons (Fsp3) is 0.368. The van der Waals surface area contributed by atoms with Gasteiger partial charge in [-0.2, -0.15) is 5.26 Å². The van der Waals surface area contributed by atoms with E-state index in [1.54, 1.807) is 0 Å². The van der Waals surface area contributed by atoms with Gasteiger partial charge in [-0.25, -0.2) is 4.98 Å². The second-order valence-electron chi connectivity index (χ2n) is 6.10. The van der Waals surface area contributed by atoms with Crippen molar-refractivity contribution >= 4 is 5.82 Å². The Morgan fingerprint density at radius 1 is 1.22 bits per heavy atom. The zero-order valence-electron chi connectivity index (χ0n) is 13.8. The van der Waals surface area contributed by atoms with E-state index in [0.29, 0.717) is 12.2 Å². The lowest BCUT2D eigenvalue weighted by molar-refractivity contribution is 0.0391. The molecular weight excluding hydrogens is 286 g/mol. The van der Waals surface area contributed by atoms with Crippen molar-refractivity contribution in [2.45, 2.75) is 26.9 Å². The Labute approximate surface area is 137 Å². The SMILES string of the molecule is Cc1ccc([C@H]2CN(c3nc(C)ccc3C#N)CCO2)c(C)c1. The molecule has 1 aliphatic rings. The van der Waals surface area contributed by atoms with Crippen LogP contribution in [0.4, 0.5) is 5.82 Å². The topological polar surface area (TPSA) is 49.2 Å². The van der Waals surface area contributed by atoms with Gasteiger partial charge in [-0.15, -0.1) is 0 Å². The predicted octanol–water partition coefficient (Wildman–Crippen LogP) is 3.46. The molecule has 0 radical (unpaired) electrons. The molecule has 0 N–H and O–H groups in total. The maximum atomic E-state index is 9.35. The van der Waals surface area contributed by atoms with Crippen molar-refractivity contribution in [3.8, 4) is 6.07 Å². The molecule has 2 aromatic rings. The molecule has 2 heterocycles. The Morgan fingerprint density at radius 2 is 2.04 bits per heavy atom. The molecule has 0 amide bonds. The highest BCUT2D eigenvalue weighted by Gasteiger charge is 2.25. The lowest BCUT2D eigenvalue weighted by Crippen LogP contribution is -2.39. The van der Waals surface area contributed by atoms with Gasteiger partial charge in [-0.05, 0) is 44.0 Å². The van der Waals surface area contributed by atoms with Crippen LogP contribution in [0, 0.1) is 32.1 Å². The maximum absolute atomic E-state index is 9.35. The average Bonchev–Trinajstić information content (AvgIpc) is 2.55. The van der Waals surface area contributed by atoms with E-state index in [0.717, 1.165) is 24.6 Å². The van der Waals surface area contributed by atoms with Crippen molar-refractivity contribution in [2.24, 2.45) is 0 Å². The summed E-state index contributed by atoms with van der Waals surface area (Å²) in [5.74, 6) is 0.769. The minimum absolute atomic E-state index is 0.0122. The van der Waals surface area contributed by atoms with E-state index < -0.39 is 0 Å². The maximum Gasteiger partial charge on any atom is 0.146 e. The van der Waals surface area contributed by atoms with Gasteiger partial charge in [0, 0.05) is 18.8 Å². The van der Waals surface area contributed by atoms with Crippen molar-refractivity contribution in [1.29, 1.82) is 5.26 Å². The first-order chi connectivity index (χ1) is 11.1. The molecule has 118 valence electrons. The minimum atomic E-state index is 0.0122.